The summed E-state index contributed by atoms with van der Waals surface area (Å²) in [6.07, 6.45) is 1.25. The Hall–Kier alpha value is -1.71. The maximum absolute atomic E-state index is 13.7. The lowest BCUT2D eigenvalue weighted by atomic mass is 10.1. The summed E-state index contributed by atoms with van der Waals surface area (Å²) in [4.78, 5) is 28.1. The minimum absolute atomic E-state index is 0.00796. The van der Waals surface area contributed by atoms with Crippen LogP contribution >= 0.6 is 46.4 Å². The Morgan fingerprint density at radius 3 is 2.25 bits per heavy atom. The van der Waals surface area contributed by atoms with Crippen LogP contribution in [-0.2, 0) is 26.2 Å². The van der Waals surface area contributed by atoms with Crippen LogP contribution in [-0.4, -0.2) is 50.5 Å². The molecule has 2 aromatic carbocycles. The lowest BCUT2D eigenvalue weighted by Gasteiger charge is -2.33. The van der Waals surface area contributed by atoms with Gasteiger partial charge in [0.15, 0.2) is 0 Å². The summed E-state index contributed by atoms with van der Waals surface area (Å²) in [5.74, 6) is -0.766. The van der Waals surface area contributed by atoms with Crippen molar-refractivity contribution in [3.05, 3.63) is 62.1 Å². The summed E-state index contributed by atoms with van der Waals surface area (Å²) in [6, 6.07) is 8.44. The molecule has 198 valence electrons. The van der Waals surface area contributed by atoms with E-state index in [1.165, 1.54) is 29.2 Å². The molecule has 7 nitrogen and oxygen atoms in total. The van der Waals surface area contributed by atoms with Crippen LogP contribution in [0.15, 0.2) is 36.4 Å². The smallest absolute Gasteiger partial charge is 0.244 e. The molecule has 0 radical (unpaired) electrons. The summed E-state index contributed by atoms with van der Waals surface area (Å²) >= 11 is 24.7. The van der Waals surface area contributed by atoms with E-state index in [-0.39, 0.29) is 40.5 Å². The van der Waals surface area contributed by atoms with Gasteiger partial charge in [-0.1, -0.05) is 79.3 Å². The molecule has 1 atom stereocenters. The molecule has 0 aromatic heterocycles. The fourth-order valence-electron chi connectivity index (χ4n) is 3.46. The number of carbonyl (C=O) groups excluding carboxylic acids is 2. The number of anilines is 1. The first-order valence-corrected chi connectivity index (χ1v) is 14.5. The van der Waals surface area contributed by atoms with Crippen molar-refractivity contribution in [2.45, 2.75) is 39.8 Å². The number of rotatable bonds is 11. The molecule has 1 unspecified atom stereocenters. The fourth-order valence-corrected chi connectivity index (χ4v) is 5.23. The molecule has 0 fully saturated rings. The Labute approximate surface area is 232 Å². The van der Waals surface area contributed by atoms with Crippen molar-refractivity contribution < 1.29 is 18.0 Å². The molecule has 0 bridgehead atoms. The average molecular weight is 597 g/mol. The van der Waals surface area contributed by atoms with E-state index in [1.54, 1.807) is 19.1 Å². The maximum Gasteiger partial charge on any atom is 0.244 e. The van der Waals surface area contributed by atoms with E-state index < -0.39 is 28.5 Å². The SMILES string of the molecule is CCC(C(=O)NCC(C)C)N(Cc1ccc(Cl)cc1Cl)C(=O)CN(c1cccc(Cl)c1Cl)S(C)(=O)=O. The van der Waals surface area contributed by atoms with Gasteiger partial charge in [0.1, 0.15) is 12.6 Å². The second kappa shape index (κ2) is 13.2. The highest BCUT2D eigenvalue weighted by atomic mass is 35.5. The van der Waals surface area contributed by atoms with Crippen LogP contribution in [0.3, 0.4) is 0 Å². The number of benzene rings is 2. The molecule has 0 aliphatic carbocycles. The predicted molar refractivity (Wildman–Crippen MR) is 148 cm³/mol. The number of hydrogen-bond acceptors (Lipinski definition) is 4. The zero-order chi connectivity index (χ0) is 27.2. The fraction of sp³-hybridized carbons (Fsp3) is 0.417. The van der Waals surface area contributed by atoms with Crippen molar-refractivity contribution in [1.29, 1.82) is 0 Å². The third-order valence-electron chi connectivity index (χ3n) is 5.31. The van der Waals surface area contributed by atoms with Gasteiger partial charge in [0.25, 0.3) is 0 Å². The molecule has 0 heterocycles. The second-order valence-corrected chi connectivity index (χ2v) is 12.2. The van der Waals surface area contributed by atoms with Gasteiger partial charge in [-0.2, -0.15) is 0 Å². The Balaban J connectivity index is 2.50. The Kier molecular flexibility index (Phi) is 11.2. The zero-order valence-corrected chi connectivity index (χ0v) is 24.2. The first kappa shape index (κ1) is 30.5. The summed E-state index contributed by atoms with van der Waals surface area (Å²) in [6.45, 7) is 5.46. The zero-order valence-electron chi connectivity index (χ0n) is 20.4. The molecule has 2 amide bonds. The van der Waals surface area contributed by atoms with Crippen LogP contribution < -0.4 is 9.62 Å². The summed E-state index contributed by atoms with van der Waals surface area (Å²) < 4.78 is 26.3. The Morgan fingerprint density at radius 2 is 1.69 bits per heavy atom. The lowest BCUT2D eigenvalue weighted by molar-refractivity contribution is -0.140. The highest BCUT2D eigenvalue weighted by Gasteiger charge is 2.32. The third-order valence-corrected chi connectivity index (χ3v) is 7.83. The van der Waals surface area contributed by atoms with E-state index in [0.717, 1.165) is 10.6 Å². The van der Waals surface area contributed by atoms with Crippen molar-refractivity contribution >= 4 is 73.9 Å². The number of hydrogen-bond donors (Lipinski definition) is 1. The van der Waals surface area contributed by atoms with E-state index in [1.807, 2.05) is 13.8 Å². The van der Waals surface area contributed by atoms with E-state index in [4.69, 9.17) is 46.4 Å². The van der Waals surface area contributed by atoms with Gasteiger partial charge in [-0.3, -0.25) is 13.9 Å². The largest absolute Gasteiger partial charge is 0.354 e. The molecule has 2 aromatic rings. The number of carbonyl (C=O) groups is 2. The predicted octanol–water partition coefficient (Wildman–Crippen LogP) is 5.65. The summed E-state index contributed by atoms with van der Waals surface area (Å²) in [5.41, 5.74) is 0.609. The van der Waals surface area contributed by atoms with E-state index in [0.29, 0.717) is 22.2 Å². The Bertz CT molecular complexity index is 1210. The lowest BCUT2D eigenvalue weighted by Crippen LogP contribution is -2.52. The number of amides is 2. The maximum atomic E-state index is 13.7. The molecule has 0 spiro atoms. The van der Waals surface area contributed by atoms with Gasteiger partial charge < -0.3 is 10.2 Å². The van der Waals surface area contributed by atoms with Crippen molar-refractivity contribution in [3.63, 3.8) is 0 Å². The van der Waals surface area contributed by atoms with Crippen LogP contribution in [0, 0.1) is 5.92 Å². The van der Waals surface area contributed by atoms with E-state index in [9.17, 15) is 18.0 Å². The van der Waals surface area contributed by atoms with E-state index in [2.05, 4.69) is 5.32 Å². The number of halogens is 4. The molecular weight excluding hydrogens is 568 g/mol. The quantitative estimate of drug-likeness (QED) is 0.363. The third kappa shape index (κ3) is 8.15. The standard InChI is InChI=1S/C24H29Cl4N3O4S/c1-5-20(24(33)29-12-15(2)3)30(13-16-9-10-17(25)11-19(16)27)22(32)14-31(36(4,34)35)21-8-6-7-18(26)23(21)28/h6-11,15,20H,5,12-14H2,1-4H3,(H,29,33). The topological polar surface area (TPSA) is 86.8 Å². The molecule has 0 aliphatic heterocycles. The van der Waals surface area contributed by atoms with Crippen LogP contribution in [0.25, 0.3) is 0 Å². The number of nitrogens with zero attached hydrogens (tertiary/aromatic N) is 2. The van der Waals surface area contributed by atoms with Crippen LogP contribution in [0.2, 0.25) is 20.1 Å². The summed E-state index contributed by atoms with van der Waals surface area (Å²) in [7, 11) is -3.95. The second-order valence-electron chi connectivity index (χ2n) is 8.66. The monoisotopic (exact) mass is 595 g/mol. The van der Waals surface area contributed by atoms with Crippen molar-refractivity contribution in [3.8, 4) is 0 Å². The molecule has 2 rings (SSSR count). The Morgan fingerprint density at radius 1 is 1.03 bits per heavy atom. The van der Waals surface area contributed by atoms with Crippen molar-refractivity contribution in [2.75, 3.05) is 23.7 Å². The van der Waals surface area contributed by atoms with E-state index >= 15 is 0 Å². The number of sulfonamides is 1. The van der Waals surface area contributed by atoms with Crippen LogP contribution in [0.1, 0.15) is 32.8 Å². The molecule has 36 heavy (non-hydrogen) atoms. The minimum Gasteiger partial charge on any atom is -0.354 e. The van der Waals surface area contributed by atoms with Gasteiger partial charge >= 0.3 is 0 Å². The first-order valence-electron chi connectivity index (χ1n) is 11.2. The van der Waals surface area contributed by atoms with Gasteiger partial charge in [-0.25, -0.2) is 8.42 Å². The average Bonchev–Trinajstić information content (AvgIpc) is 2.78. The number of nitrogens with one attached hydrogen (secondary N) is 1. The van der Waals surface area contributed by atoms with Gasteiger partial charge in [-0.15, -0.1) is 0 Å². The van der Waals surface area contributed by atoms with Crippen molar-refractivity contribution in [1.82, 2.24) is 10.2 Å². The highest BCUT2D eigenvalue weighted by molar-refractivity contribution is 7.92. The molecular formula is C24H29Cl4N3O4S. The van der Waals surface area contributed by atoms with Gasteiger partial charge in [0.2, 0.25) is 21.8 Å². The molecule has 0 aliphatic rings. The summed E-state index contributed by atoms with van der Waals surface area (Å²) in [5, 5.41) is 3.72. The van der Waals surface area contributed by atoms with Crippen LogP contribution in [0.4, 0.5) is 5.69 Å². The van der Waals surface area contributed by atoms with Gasteiger partial charge in [0.05, 0.1) is 22.0 Å². The van der Waals surface area contributed by atoms with Gasteiger partial charge in [-0.05, 0) is 42.2 Å². The first-order chi connectivity index (χ1) is 16.8. The normalized spacial score (nSPS) is 12.4. The van der Waals surface area contributed by atoms with Crippen LogP contribution in [0.5, 0.6) is 0 Å². The van der Waals surface area contributed by atoms with Gasteiger partial charge in [0, 0.05) is 23.1 Å². The molecule has 0 saturated heterocycles. The molecule has 12 heteroatoms. The molecule has 0 saturated carbocycles. The molecule has 1 N–H and O–H groups in total. The highest BCUT2D eigenvalue weighted by Crippen LogP contribution is 2.34. The minimum atomic E-state index is -3.95. The van der Waals surface area contributed by atoms with Crippen molar-refractivity contribution in [2.24, 2.45) is 5.92 Å².